The van der Waals surface area contributed by atoms with Crippen LogP contribution in [0.3, 0.4) is 0 Å². The van der Waals surface area contributed by atoms with Gasteiger partial charge in [0.2, 0.25) is 5.95 Å². The van der Waals surface area contributed by atoms with Gasteiger partial charge >= 0.3 is 0 Å². The van der Waals surface area contributed by atoms with Gasteiger partial charge in [-0.25, -0.2) is 9.97 Å². The van der Waals surface area contributed by atoms with E-state index in [1.807, 2.05) is 23.7 Å². The molecule has 0 radical (unpaired) electrons. The van der Waals surface area contributed by atoms with Gasteiger partial charge in [-0.15, -0.1) is 11.3 Å². The summed E-state index contributed by atoms with van der Waals surface area (Å²) >= 11 is 1.97. The van der Waals surface area contributed by atoms with Crippen LogP contribution in [0, 0.1) is 0 Å². The zero-order chi connectivity index (χ0) is 20.3. The molecule has 2 aromatic rings. The first-order valence-electron chi connectivity index (χ1n) is 10.4. The summed E-state index contributed by atoms with van der Waals surface area (Å²) in [4.78, 5) is 14.1. The number of hydrogen-bond donors (Lipinski definition) is 3. The fraction of sp³-hybridized carbons (Fsp3) is 0.619. The van der Waals surface area contributed by atoms with Gasteiger partial charge in [0.15, 0.2) is 0 Å². The zero-order valence-corrected chi connectivity index (χ0v) is 17.7. The molecule has 0 aromatic carbocycles. The third kappa shape index (κ3) is 4.46. The summed E-state index contributed by atoms with van der Waals surface area (Å²) in [5.41, 5.74) is 2.42. The molecule has 0 atom stereocenters. The lowest BCUT2D eigenvalue weighted by molar-refractivity contribution is -0.0981. The van der Waals surface area contributed by atoms with Crippen molar-refractivity contribution in [2.24, 2.45) is 0 Å². The Morgan fingerprint density at radius 1 is 1.24 bits per heavy atom. The molecule has 4 heterocycles. The third-order valence-electron chi connectivity index (χ3n) is 5.96. The Morgan fingerprint density at radius 2 is 1.97 bits per heavy atom. The molecule has 1 saturated heterocycles. The van der Waals surface area contributed by atoms with Crippen LogP contribution in [0.2, 0.25) is 0 Å². The molecule has 0 saturated carbocycles. The van der Waals surface area contributed by atoms with Crippen LogP contribution in [0.1, 0.15) is 40.6 Å². The van der Waals surface area contributed by atoms with E-state index in [0.717, 1.165) is 57.5 Å². The maximum atomic E-state index is 9.15. The summed E-state index contributed by atoms with van der Waals surface area (Å²) in [6, 6.07) is 1.95. The minimum absolute atomic E-state index is 0.0954. The first-order valence-corrected chi connectivity index (χ1v) is 11.2. The fourth-order valence-corrected chi connectivity index (χ4v) is 5.41. The predicted molar refractivity (Wildman–Crippen MR) is 113 cm³/mol. The number of hydrogen-bond acceptors (Lipinski definition) is 8. The van der Waals surface area contributed by atoms with E-state index in [2.05, 4.69) is 33.2 Å². The predicted octanol–water partition coefficient (Wildman–Crippen LogP) is 1.93. The quantitative estimate of drug-likeness (QED) is 0.633. The molecule has 0 unspecified atom stereocenters. The summed E-state index contributed by atoms with van der Waals surface area (Å²) in [7, 11) is 0. The Labute approximate surface area is 175 Å². The van der Waals surface area contributed by atoms with Crippen LogP contribution < -0.4 is 5.32 Å². The van der Waals surface area contributed by atoms with Gasteiger partial charge in [-0.05, 0) is 30.9 Å². The second-order valence-electron chi connectivity index (χ2n) is 7.89. The van der Waals surface area contributed by atoms with E-state index in [1.54, 1.807) is 0 Å². The number of nitrogens with zero attached hydrogens (tertiary/aromatic N) is 3. The maximum Gasteiger partial charge on any atom is 0.222 e. The van der Waals surface area contributed by atoms with E-state index in [9.17, 15) is 0 Å². The number of aliphatic hydroxyl groups is 2. The van der Waals surface area contributed by atoms with Crippen molar-refractivity contribution in [1.82, 2.24) is 14.9 Å². The normalized spacial score (nSPS) is 18.9. The number of likely N-dealkylation sites (tertiary alicyclic amines) is 1. The number of rotatable bonds is 7. The highest BCUT2D eigenvalue weighted by molar-refractivity contribution is 7.12. The van der Waals surface area contributed by atoms with Gasteiger partial charge in [-0.1, -0.05) is 6.92 Å². The van der Waals surface area contributed by atoms with Crippen LogP contribution in [-0.2, 0) is 29.7 Å². The summed E-state index contributed by atoms with van der Waals surface area (Å²) in [5.74, 6) is 0.423. The van der Waals surface area contributed by atoms with Gasteiger partial charge in [0.05, 0.1) is 31.5 Å². The van der Waals surface area contributed by atoms with Gasteiger partial charge in [0, 0.05) is 53.8 Å². The Hall–Kier alpha value is -1.58. The van der Waals surface area contributed by atoms with Crippen molar-refractivity contribution < 1.29 is 14.9 Å². The number of aromatic nitrogens is 2. The van der Waals surface area contributed by atoms with Gasteiger partial charge in [-0.3, -0.25) is 4.90 Å². The van der Waals surface area contributed by atoms with Crippen molar-refractivity contribution in [1.29, 1.82) is 0 Å². The van der Waals surface area contributed by atoms with Crippen molar-refractivity contribution in [2.45, 2.75) is 50.8 Å². The fourth-order valence-electron chi connectivity index (χ4n) is 4.23. The van der Waals surface area contributed by atoms with E-state index >= 15 is 0 Å². The largest absolute Gasteiger partial charge is 0.394 e. The van der Waals surface area contributed by atoms with Crippen LogP contribution in [0.4, 0.5) is 5.95 Å². The molecule has 2 aliphatic rings. The van der Waals surface area contributed by atoms with Gasteiger partial charge < -0.3 is 20.3 Å². The second kappa shape index (κ2) is 9.06. The molecule has 0 aliphatic carbocycles. The van der Waals surface area contributed by atoms with Crippen molar-refractivity contribution in [3.05, 3.63) is 39.3 Å². The smallest absolute Gasteiger partial charge is 0.222 e. The molecule has 1 spiro atoms. The first kappa shape index (κ1) is 20.7. The highest BCUT2D eigenvalue weighted by atomic mass is 32.1. The monoisotopic (exact) mass is 418 g/mol. The Bertz CT molecular complexity index is 799. The van der Waals surface area contributed by atoms with Crippen LogP contribution in [-0.4, -0.2) is 64.0 Å². The number of aliphatic hydroxyl groups excluding tert-OH is 2. The van der Waals surface area contributed by atoms with Gasteiger partial charge in [0.25, 0.3) is 0 Å². The topological polar surface area (TPSA) is 90.7 Å². The average molecular weight is 419 g/mol. The molecule has 2 aliphatic heterocycles. The Balaban J connectivity index is 1.36. The highest BCUT2D eigenvalue weighted by Crippen LogP contribution is 2.44. The third-order valence-corrected chi connectivity index (χ3v) is 7.30. The lowest BCUT2D eigenvalue weighted by atomic mass is 9.82. The number of ether oxygens (including phenoxy) is 1. The second-order valence-corrected chi connectivity index (χ2v) is 9.11. The SMILES string of the molecule is CCc1cc2c(s1)CCOC21CCN(Cc2cnc(NC(CO)CO)nc2)CC1. The molecule has 8 heteroatoms. The number of fused-ring (bicyclic) bond motifs is 2. The number of aryl methyl sites for hydroxylation is 1. The average Bonchev–Trinajstić information content (AvgIpc) is 3.20. The minimum atomic E-state index is -0.440. The summed E-state index contributed by atoms with van der Waals surface area (Å²) < 4.78 is 6.37. The van der Waals surface area contributed by atoms with Crippen LogP contribution in [0.5, 0.6) is 0 Å². The van der Waals surface area contributed by atoms with E-state index in [1.165, 1.54) is 15.3 Å². The molecule has 1 fully saturated rings. The molecule has 7 nitrogen and oxygen atoms in total. The van der Waals surface area contributed by atoms with Crippen molar-refractivity contribution in [3.63, 3.8) is 0 Å². The Kier molecular flexibility index (Phi) is 6.46. The van der Waals surface area contributed by atoms with Crippen molar-refractivity contribution >= 4 is 17.3 Å². The summed E-state index contributed by atoms with van der Waals surface area (Å²) in [6.45, 7) is 5.54. The van der Waals surface area contributed by atoms with Gasteiger partial charge in [-0.2, -0.15) is 0 Å². The number of anilines is 1. The van der Waals surface area contributed by atoms with E-state index in [-0.39, 0.29) is 18.8 Å². The van der Waals surface area contributed by atoms with Gasteiger partial charge in [0.1, 0.15) is 0 Å². The number of thiophene rings is 1. The van der Waals surface area contributed by atoms with Crippen molar-refractivity contribution in [2.75, 3.05) is 38.2 Å². The molecule has 3 N–H and O–H groups in total. The van der Waals surface area contributed by atoms with E-state index in [4.69, 9.17) is 14.9 Å². The lowest BCUT2D eigenvalue weighted by Gasteiger charge is -2.44. The maximum absolute atomic E-state index is 9.15. The lowest BCUT2D eigenvalue weighted by Crippen LogP contribution is -2.45. The molecule has 2 aromatic heterocycles. The highest BCUT2D eigenvalue weighted by Gasteiger charge is 2.41. The zero-order valence-electron chi connectivity index (χ0n) is 16.9. The number of nitrogens with one attached hydrogen (secondary N) is 1. The van der Waals surface area contributed by atoms with E-state index in [0.29, 0.717) is 5.95 Å². The summed E-state index contributed by atoms with van der Waals surface area (Å²) in [6.07, 6.45) is 7.82. The number of piperidine rings is 1. The molecule has 158 valence electrons. The van der Waals surface area contributed by atoms with Crippen molar-refractivity contribution in [3.8, 4) is 0 Å². The standard InChI is InChI=1S/C21H30N4O3S/c1-2-17-9-18-19(29-17)3-8-28-21(18)4-6-25(7-5-21)12-15-10-22-20(23-11-15)24-16(13-26)14-27/h9-11,16,26-27H,2-8,12-14H2,1H3,(H,22,23,24). The van der Waals surface area contributed by atoms with Crippen LogP contribution in [0.25, 0.3) is 0 Å². The summed E-state index contributed by atoms with van der Waals surface area (Å²) in [5, 5.41) is 21.2. The van der Waals surface area contributed by atoms with E-state index < -0.39 is 6.04 Å². The molecule has 4 rings (SSSR count). The van der Waals surface area contributed by atoms with Crippen LogP contribution >= 0.6 is 11.3 Å². The first-order chi connectivity index (χ1) is 14.2. The molecule has 0 amide bonds. The molecular formula is C21H30N4O3S. The van der Waals surface area contributed by atoms with Crippen LogP contribution in [0.15, 0.2) is 18.5 Å². The molecule has 29 heavy (non-hydrogen) atoms. The molecular weight excluding hydrogens is 388 g/mol. The Morgan fingerprint density at radius 3 is 2.62 bits per heavy atom. The minimum Gasteiger partial charge on any atom is -0.394 e. The molecule has 0 bridgehead atoms.